The summed E-state index contributed by atoms with van der Waals surface area (Å²) in [4.78, 5) is 9.59. The Balaban J connectivity index is 2.23. The molecule has 0 saturated heterocycles. The summed E-state index contributed by atoms with van der Waals surface area (Å²) >= 11 is 0. The number of benzene rings is 2. The first kappa shape index (κ1) is 11.4. The topological polar surface area (TPSA) is 30.7 Å². The average molecular weight is 261 g/mol. The van der Waals surface area contributed by atoms with Gasteiger partial charge in [-0.05, 0) is 36.2 Å². The van der Waals surface area contributed by atoms with Crippen molar-refractivity contribution in [1.29, 1.82) is 0 Å². The van der Waals surface area contributed by atoms with E-state index in [-0.39, 0.29) is 0 Å². The maximum atomic E-state index is 4.82. The minimum Gasteiger partial charge on any atom is -0.327 e. The molecular weight excluding hydrogens is 246 g/mol. The van der Waals surface area contributed by atoms with Gasteiger partial charge in [0.2, 0.25) is 0 Å². The van der Waals surface area contributed by atoms with Gasteiger partial charge in [0.1, 0.15) is 5.52 Å². The van der Waals surface area contributed by atoms with Gasteiger partial charge >= 0.3 is 0 Å². The molecule has 0 aliphatic rings. The van der Waals surface area contributed by atoms with Crippen LogP contribution in [0.15, 0.2) is 42.5 Å². The minimum absolute atomic E-state index is 0.946. The van der Waals surface area contributed by atoms with Crippen LogP contribution in [0.2, 0.25) is 0 Å². The van der Waals surface area contributed by atoms with Crippen LogP contribution in [-0.4, -0.2) is 14.5 Å². The number of hydrogen-bond acceptors (Lipinski definition) is 2. The lowest BCUT2D eigenvalue weighted by Gasteiger charge is -1.98. The number of nitrogens with zero attached hydrogens (tertiary/aromatic N) is 3. The summed E-state index contributed by atoms with van der Waals surface area (Å²) in [6, 6.07) is 14.6. The molecule has 4 aromatic rings. The van der Waals surface area contributed by atoms with Gasteiger partial charge in [-0.1, -0.05) is 25.1 Å². The van der Waals surface area contributed by atoms with Gasteiger partial charge in [-0.2, -0.15) is 0 Å². The highest BCUT2D eigenvalue weighted by Crippen LogP contribution is 2.28. The van der Waals surface area contributed by atoms with Crippen LogP contribution in [0.25, 0.3) is 33.1 Å². The normalized spacial score (nSPS) is 11.7. The van der Waals surface area contributed by atoms with E-state index >= 15 is 0 Å². The third kappa shape index (κ3) is 1.46. The molecule has 0 atom stereocenters. The van der Waals surface area contributed by atoms with Gasteiger partial charge in [0.05, 0.1) is 16.6 Å². The Bertz CT molecular complexity index is 951. The lowest BCUT2D eigenvalue weighted by Crippen LogP contribution is -1.91. The number of hydrogen-bond donors (Lipinski definition) is 0. The van der Waals surface area contributed by atoms with Crippen molar-refractivity contribution < 1.29 is 0 Å². The molecule has 98 valence electrons. The van der Waals surface area contributed by atoms with Crippen LogP contribution in [0.1, 0.15) is 12.5 Å². The summed E-state index contributed by atoms with van der Waals surface area (Å²) in [5, 5.41) is 1.19. The highest BCUT2D eigenvalue weighted by Gasteiger charge is 2.12. The largest absolute Gasteiger partial charge is 0.327 e. The van der Waals surface area contributed by atoms with Crippen molar-refractivity contribution in [3.05, 3.63) is 48.0 Å². The molecule has 0 aliphatic carbocycles. The third-order valence-electron chi connectivity index (χ3n) is 3.96. The van der Waals surface area contributed by atoms with E-state index in [2.05, 4.69) is 36.7 Å². The van der Waals surface area contributed by atoms with E-state index in [4.69, 9.17) is 9.97 Å². The standard InChI is InChI=1S/C17H15N3/c1-3-11-8-9-15-12(10-11)16-17(20(15)2)19-14-7-5-4-6-13(14)18-16/h4-10H,3H2,1-2H3. The molecule has 4 rings (SSSR count). The summed E-state index contributed by atoms with van der Waals surface area (Å²) in [7, 11) is 2.06. The van der Waals surface area contributed by atoms with Crippen molar-refractivity contribution in [3.8, 4) is 0 Å². The molecule has 0 bridgehead atoms. The van der Waals surface area contributed by atoms with Gasteiger partial charge in [0, 0.05) is 12.4 Å². The summed E-state index contributed by atoms with van der Waals surface area (Å²) in [6.07, 6.45) is 1.04. The zero-order chi connectivity index (χ0) is 13.7. The molecule has 0 amide bonds. The second kappa shape index (κ2) is 4.04. The Morgan fingerprint density at radius 2 is 1.75 bits per heavy atom. The van der Waals surface area contributed by atoms with Crippen molar-refractivity contribution >= 4 is 33.1 Å². The SMILES string of the molecule is CCc1ccc2c(c1)c1nc3ccccc3nc1n2C. The summed E-state index contributed by atoms with van der Waals surface area (Å²) in [5.41, 5.74) is 6.37. The fourth-order valence-corrected chi connectivity index (χ4v) is 2.80. The molecule has 0 radical (unpaired) electrons. The fraction of sp³-hybridized carbons (Fsp3) is 0.176. The highest BCUT2D eigenvalue weighted by molar-refractivity contribution is 6.06. The Morgan fingerprint density at radius 3 is 2.50 bits per heavy atom. The van der Waals surface area contributed by atoms with Crippen molar-refractivity contribution in [2.75, 3.05) is 0 Å². The predicted molar refractivity (Wildman–Crippen MR) is 82.9 cm³/mol. The van der Waals surface area contributed by atoms with E-state index in [1.165, 1.54) is 16.5 Å². The van der Waals surface area contributed by atoms with E-state index in [0.29, 0.717) is 0 Å². The summed E-state index contributed by atoms with van der Waals surface area (Å²) in [5.74, 6) is 0. The lowest BCUT2D eigenvalue weighted by molar-refractivity contribution is 0.991. The molecule has 0 N–H and O–H groups in total. The smallest absolute Gasteiger partial charge is 0.160 e. The first-order valence-electron chi connectivity index (χ1n) is 6.91. The maximum Gasteiger partial charge on any atom is 0.160 e. The zero-order valence-electron chi connectivity index (χ0n) is 11.6. The van der Waals surface area contributed by atoms with E-state index in [1.807, 2.05) is 24.3 Å². The average Bonchev–Trinajstić information content (AvgIpc) is 2.77. The van der Waals surface area contributed by atoms with Crippen molar-refractivity contribution in [2.45, 2.75) is 13.3 Å². The molecule has 2 heterocycles. The van der Waals surface area contributed by atoms with E-state index in [9.17, 15) is 0 Å². The first-order chi connectivity index (χ1) is 9.78. The number of aryl methyl sites for hydroxylation is 2. The summed E-state index contributed by atoms with van der Waals surface area (Å²) < 4.78 is 2.13. The van der Waals surface area contributed by atoms with E-state index < -0.39 is 0 Å². The quantitative estimate of drug-likeness (QED) is 0.521. The molecule has 20 heavy (non-hydrogen) atoms. The monoisotopic (exact) mass is 261 g/mol. The van der Waals surface area contributed by atoms with Gasteiger partial charge in [-0.3, -0.25) is 0 Å². The Hall–Kier alpha value is -2.42. The van der Waals surface area contributed by atoms with Crippen molar-refractivity contribution in [2.24, 2.45) is 7.05 Å². The Labute approximate surface area is 116 Å². The molecule has 3 heteroatoms. The van der Waals surface area contributed by atoms with Crippen LogP contribution in [0.5, 0.6) is 0 Å². The second-order valence-corrected chi connectivity index (χ2v) is 5.15. The van der Waals surface area contributed by atoms with Crippen molar-refractivity contribution in [3.63, 3.8) is 0 Å². The van der Waals surface area contributed by atoms with Gasteiger partial charge in [-0.25, -0.2) is 9.97 Å². The van der Waals surface area contributed by atoms with Gasteiger partial charge in [0.15, 0.2) is 5.65 Å². The maximum absolute atomic E-state index is 4.82. The van der Waals surface area contributed by atoms with Crippen LogP contribution in [0.3, 0.4) is 0 Å². The van der Waals surface area contributed by atoms with Crippen LogP contribution < -0.4 is 0 Å². The zero-order valence-corrected chi connectivity index (χ0v) is 11.6. The molecule has 0 fully saturated rings. The highest BCUT2D eigenvalue weighted by atomic mass is 15.0. The molecular formula is C17H15N3. The van der Waals surface area contributed by atoms with Crippen LogP contribution in [-0.2, 0) is 13.5 Å². The number of aromatic nitrogens is 3. The predicted octanol–water partition coefficient (Wildman–Crippen LogP) is 3.84. The number of rotatable bonds is 1. The second-order valence-electron chi connectivity index (χ2n) is 5.15. The molecule has 2 aromatic heterocycles. The van der Waals surface area contributed by atoms with Crippen molar-refractivity contribution in [1.82, 2.24) is 14.5 Å². The Kier molecular flexibility index (Phi) is 2.30. The van der Waals surface area contributed by atoms with Gasteiger partial charge < -0.3 is 4.57 Å². The van der Waals surface area contributed by atoms with Gasteiger partial charge in [0.25, 0.3) is 0 Å². The lowest BCUT2D eigenvalue weighted by atomic mass is 10.1. The van der Waals surface area contributed by atoms with Gasteiger partial charge in [-0.15, -0.1) is 0 Å². The molecule has 0 unspecified atom stereocenters. The van der Waals surface area contributed by atoms with E-state index in [0.717, 1.165) is 28.6 Å². The third-order valence-corrected chi connectivity index (χ3v) is 3.96. The van der Waals surface area contributed by atoms with Crippen LogP contribution in [0, 0.1) is 0 Å². The van der Waals surface area contributed by atoms with Crippen LogP contribution >= 0.6 is 0 Å². The number of fused-ring (bicyclic) bond motifs is 4. The molecule has 0 spiro atoms. The van der Waals surface area contributed by atoms with E-state index in [1.54, 1.807) is 0 Å². The first-order valence-corrected chi connectivity index (χ1v) is 6.91. The molecule has 2 aromatic carbocycles. The summed E-state index contributed by atoms with van der Waals surface area (Å²) in [6.45, 7) is 2.17. The number of para-hydroxylation sites is 2. The fourth-order valence-electron chi connectivity index (χ4n) is 2.80. The Morgan fingerprint density at radius 1 is 1.00 bits per heavy atom. The molecule has 0 saturated carbocycles. The molecule has 3 nitrogen and oxygen atoms in total. The molecule has 0 aliphatic heterocycles. The minimum atomic E-state index is 0.946. The van der Waals surface area contributed by atoms with Crippen LogP contribution in [0.4, 0.5) is 0 Å².